The van der Waals surface area contributed by atoms with Crippen LogP contribution in [0, 0.1) is 11.6 Å². The molecule has 0 aromatic heterocycles. The van der Waals surface area contributed by atoms with Gasteiger partial charge in [0.25, 0.3) is 0 Å². The standard InChI is InChI=1S/C18H18F2N2O2/c19-14-6-7-15(16(20)10-14)17-11-22(9-8-21-17)18(23)24-12-13-4-2-1-3-5-13/h1-7,10,17,21H,8-9,11-12H2. The van der Waals surface area contributed by atoms with Gasteiger partial charge in [0, 0.05) is 31.3 Å². The average molecular weight is 332 g/mol. The third kappa shape index (κ3) is 3.89. The van der Waals surface area contributed by atoms with Gasteiger partial charge >= 0.3 is 6.09 Å². The molecule has 1 N–H and O–H groups in total. The number of rotatable bonds is 3. The lowest BCUT2D eigenvalue weighted by atomic mass is 10.0. The third-order valence-electron chi connectivity index (χ3n) is 3.98. The molecule has 0 aliphatic carbocycles. The van der Waals surface area contributed by atoms with Crippen molar-refractivity contribution in [2.75, 3.05) is 19.6 Å². The summed E-state index contributed by atoms with van der Waals surface area (Å²) in [5.74, 6) is -1.24. The summed E-state index contributed by atoms with van der Waals surface area (Å²) in [5.41, 5.74) is 1.25. The van der Waals surface area contributed by atoms with Crippen LogP contribution < -0.4 is 5.32 Å². The Balaban J connectivity index is 1.61. The molecule has 6 heteroatoms. The zero-order valence-electron chi connectivity index (χ0n) is 13.0. The summed E-state index contributed by atoms with van der Waals surface area (Å²) in [6.45, 7) is 1.46. The maximum atomic E-state index is 13.9. The Bertz CT molecular complexity index is 709. The first kappa shape index (κ1) is 16.4. The Kier molecular flexibility index (Phi) is 5.05. The molecule has 0 saturated carbocycles. The van der Waals surface area contributed by atoms with Gasteiger partial charge in [0.2, 0.25) is 0 Å². The number of carbonyl (C=O) groups excluding carboxylic acids is 1. The second kappa shape index (κ2) is 7.40. The van der Waals surface area contributed by atoms with Crippen LogP contribution in [0.2, 0.25) is 0 Å². The maximum Gasteiger partial charge on any atom is 0.410 e. The van der Waals surface area contributed by atoms with Gasteiger partial charge in [-0.15, -0.1) is 0 Å². The van der Waals surface area contributed by atoms with Crippen molar-refractivity contribution in [3.8, 4) is 0 Å². The Hall–Kier alpha value is -2.47. The molecule has 126 valence electrons. The number of nitrogens with zero attached hydrogens (tertiary/aromatic N) is 1. The molecule has 1 heterocycles. The van der Waals surface area contributed by atoms with Gasteiger partial charge in [-0.25, -0.2) is 13.6 Å². The van der Waals surface area contributed by atoms with E-state index in [1.807, 2.05) is 30.3 Å². The number of amides is 1. The largest absolute Gasteiger partial charge is 0.445 e. The molecule has 1 saturated heterocycles. The van der Waals surface area contributed by atoms with Crippen molar-refractivity contribution >= 4 is 6.09 Å². The normalized spacial score (nSPS) is 17.6. The lowest BCUT2D eigenvalue weighted by Gasteiger charge is -2.33. The molecule has 2 aromatic carbocycles. The van der Waals surface area contributed by atoms with Crippen LogP contribution in [0.3, 0.4) is 0 Å². The van der Waals surface area contributed by atoms with Crippen LogP contribution in [-0.2, 0) is 11.3 Å². The van der Waals surface area contributed by atoms with E-state index in [4.69, 9.17) is 4.74 Å². The van der Waals surface area contributed by atoms with Crippen LogP contribution in [0.25, 0.3) is 0 Å². The van der Waals surface area contributed by atoms with E-state index in [1.54, 1.807) is 0 Å². The lowest BCUT2D eigenvalue weighted by molar-refractivity contribution is 0.0846. The Morgan fingerprint density at radius 2 is 2.00 bits per heavy atom. The highest BCUT2D eigenvalue weighted by atomic mass is 19.1. The maximum absolute atomic E-state index is 13.9. The monoisotopic (exact) mass is 332 g/mol. The van der Waals surface area contributed by atoms with Gasteiger partial charge in [0.1, 0.15) is 18.2 Å². The van der Waals surface area contributed by atoms with Gasteiger partial charge in [-0.05, 0) is 11.6 Å². The average Bonchev–Trinajstić information content (AvgIpc) is 2.60. The first-order chi connectivity index (χ1) is 11.6. The summed E-state index contributed by atoms with van der Waals surface area (Å²) >= 11 is 0. The minimum Gasteiger partial charge on any atom is -0.445 e. The number of hydrogen-bond acceptors (Lipinski definition) is 3. The second-order valence-corrected chi connectivity index (χ2v) is 5.66. The molecule has 0 spiro atoms. The molecular formula is C18H18F2N2O2. The van der Waals surface area contributed by atoms with E-state index in [0.717, 1.165) is 11.6 Å². The fourth-order valence-corrected chi connectivity index (χ4v) is 2.72. The SMILES string of the molecule is O=C(OCc1ccccc1)N1CCNC(c2ccc(F)cc2F)C1. The number of nitrogens with one attached hydrogen (secondary N) is 1. The number of piperazine rings is 1. The van der Waals surface area contributed by atoms with Crippen LogP contribution in [0.1, 0.15) is 17.2 Å². The molecule has 1 aliphatic heterocycles. The number of halogens is 2. The number of hydrogen-bond donors (Lipinski definition) is 1. The van der Waals surface area contributed by atoms with Gasteiger partial charge < -0.3 is 15.0 Å². The minimum absolute atomic E-state index is 0.194. The topological polar surface area (TPSA) is 41.6 Å². The van der Waals surface area contributed by atoms with Crippen LogP contribution in [-0.4, -0.2) is 30.6 Å². The van der Waals surface area contributed by atoms with Gasteiger partial charge in [0.15, 0.2) is 0 Å². The zero-order valence-corrected chi connectivity index (χ0v) is 13.0. The summed E-state index contributed by atoms with van der Waals surface area (Å²) in [6, 6.07) is 12.5. The van der Waals surface area contributed by atoms with Gasteiger partial charge in [-0.2, -0.15) is 0 Å². The summed E-state index contributed by atoms with van der Waals surface area (Å²) in [6.07, 6.45) is -0.437. The Morgan fingerprint density at radius 3 is 2.75 bits per heavy atom. The molecule has 2 aromatic rings. The van der Waals surface area contributed by atoms with E-state index in [2.05, 4.69) is 5.32 Å². The smallest absolute Gasteiger partial charge is 0.410 e. The highest BCUT2D eigenvalue weighted by Gasteiger charge is 2.27. The molecule has 24 heavy (non-hydrogen) atoms. The highest BCUT2D eigenvalue weighted by molar-refractivity contribution is 5.68. The van der Waals surface area contributed by atoms with Crippen molar-refractivity contribution in [2.45, 2.75) is 12.6 Å². The second-order valence-electron chi connectivity index (χ2n) is 5.66. The van der Waals surface area contributed by atoms with Crippen LogP contribution in [0.4, 0.5) is 13.6 Å². The number of carbonyl (C=O) groups is 1. The van der Waals surface area contributed by atoms with Crippen molar-refractivity contribution in [2.24, 2.45) is 0 Å². The molecule has 1 fully saturated rings. The third-order valence-corrected chi connectivity index (χ3v) is 3.98. The Morgan fingerprint density at radius 1 is 1.21 bits per heavy atom. The fourth-order valence-electron chi connectivity index (χ4n) is 2.72. The van der Waals surface area contributed by atoms with Crippen molar-refractivity contribution in [3.63, 3.8) is 0 Å². The first-order valence-corrected chi connectivity index (χ1v) is 7.77. The van der Waals surface area contributed by atoms with E-state index in [-0.39, 0.29) is 19.2 Å². The van der Waals surface area contributed by atoms with Gasteiger partial charge in [-0.1, -0.05) is 36.4 Å². The Labute approximate surface area is 139 Å². The summed E-state index contributed by atoms with van der Waals surface area (Å²) < 4.78 is 32.3. The van der Waals surface area contributed by atoms with Gasteiger partial charge in [-0.3, -0.25) is 0 Å². The van der Waals surface area contributed by atoms with E-state index in [9.17, 15) is 13.6 Å². The fraction of sp³-hybridized carbons (Fsp3) is 0.278. The van der Waals surface area contributed by atoms with E-state index in [1.165, 1.54) is 17.0 Å². The first-order valence-electron chi connectivity index (χ1n) is 7.77. The van der Waals surface area contributed by atoms with Crippen LogP contribution in [0.15, 0.2) is 48.5 Å². The highest BCUT2D eigenvalue weighted by Crippen LogP contribution is 2.21. The van der Waals surface area contributed by atoms with Crippen LogP contribution >= 0.6 is 0 Å². The lowest BCUT2D eigenvalue weighted by Crippen LogP contribution is -2.48. The van der Waals surface area contributed by atoms with E-state index in [0.29, 0.717) is 18.7 Å². The van der Waals surface area contributed by atoms with Crippen LogP contribution in [0.5, 0.6) is 0 Å². The quantitative estimate of drug-likeness (QED) is 0.938. The minimum atomic E-state index is -0.619. The molecule has 1 aliphatic rings. The number of benzene rings is 2. The summed E-state index contributed by atoms with van der Waals surface area (Å²) in [5, 5.41) is 3.14. The zero-order chi connectivity index (χ0) is 16.9. The molecular weight excluding hydrogens is 314 g/mol. The predicted molar refractivity (Wildman–Crippen MR) is 85.3 cm³/mol. The van der Waals surface area contributed by atoms with E-state index < -0.39 is 17.7 Å². The van der Waals surface area contributed by atoms with Crippen molar-refractivity contribution in [1.29, 1.82) is 0 Å². The summed E-state index contributed by atoms with van der Waals surface area (Å²) in [7, 11) is 0. The van der Waals surface area contributed by atoms with Crippen molar-refractivity contribution < 1.29 is 18.3 Å². The molecule has 1 amide bonds. The molecule has 1 atom stereocenters. The molecule has 0 bridgehead atoms. The molecule has 1 unspecified atom stereocenters. The van der Waals surface area contributed by atoms with Gasteiger partial charge in [0.05, 0.1) is 6.04 Å². The summed E-state index contributed by atoms with van der Waals surface area (Å²) in [4.78, 5) is 13.7. The number of ether oxygens (including phenoxy) is 1. The molecule has 3 rings (SSSR count). The van der Waals surface area contributed by atoms with Crippen molar-refractivity contribution in [1.82, 2.24) is 10.2 Å². The molecule has 4 nitrogen and oxygen atoms in total. The molecule has 0 radical (unpaired) electrons. The van der Waals surface area contributed by atoms with Crippen molar-refractivity contribution in [3.05, 3.63) is 71.3 Å². The predicted octanol–water partition coefficient (Wildman–Crippen LogP) is 3.25. The van der Waals surface area contributed by atoms with E-state index >= 15 is 0 Å².